The molecule has 0 fully saturated rings. The van der Waals surface area contributed by atoms with E-state index in [0.29, 0.717) is 23.3 Å². The highest BCUT2D eigenvalue weighted by atomic mass is 16.1. The molecule has 3 heterocycles. The molecule has 0 aromatic carbocycles. The van der Waals surface area contributed by atoms with E-state index >= 15 is 0 Å². The van der Waals surface area contributed by atoms with Gasteiger partial charge in [-0.1, -0.05) is 0 Å². The lowest BCUT2D eigenvalue weighted by Crippen LogP contribution is -2.22. The standard InChI is InChI=1S/C19H26N6O2/c1-11-14(18(27)22-17-16(11)12(2)23-24(17)6)7-8-15(26)21-13-9-20-25(10-13)19(3,4)5/h9-10H,7-8H2,1-6H3,(H,21,26)(H,22,27). The number of rotatable bonds is 4. The summed E-state index contributed by atoms with van der Waals surface area (Å²) in [7, 11) is 1.80. The van der Waals surface area contributed by atoms with Crippen LogP contribution in [0.1, 0.15) is 44.0 Å². The summed E-state index contributed by atoms with van der Waals surface area (Å²) in [6.07, 6.45) is 4.02. The maximum Gasteiger partial charge on any atom is 0.253 e. The number of hydrogen-bond donors (Lipinski definition) is 2. The van der Waals surface area contributed by atoms with E-state index < -0.39 is 0 Å². The van der Waals surface area contributed by atoms with Crippen molar-refractivity contribution in [3.05, 3.63) is 39.6 Å². The van der Waals surface area contributed by atoms with Crippen molar-refractivity contribution in [2.75, 3.05) is 5.32 Å². The molecule has 0 bridgehead atoms. The van der Waals surface area contributed by atoms with E-state index in [0.717, 1.165) is 16.6 Å². The van der Waals surface area contributed by atoms with Gasteiger partial charge in [0.2, 0.25) is 5.91 Å². The van der Waals surface area contributed by atoms with Crippen molar-refractivity contribution in [3.8, 4) is 0 Å². The molecule has 27 heavy (non-hydrogen) atoms. The number of carbonyl (C=O) groups is 1. The molecule has 0 atom stereocenters. The molecule has 3 rings (SSSR count). The van der Waals surface area contributed by atoms with Crippen molar-refractivity contribution in [1.29, 1.82) is 0 Å². The Morgan fingerprint density at radius 2 is 2.00 bits per heavy atom. The van der Waals surface area contributed by atoms with Crippen molar-refractivity contribution < 1.29 is 4.79 Å². The Morgan fingerprint density at radius 3 is 2.63 bits per heavy atom. The van der Waals surface area contributed by atoms with E-state index in [9.17, 15) is 9.59 Å². The number of nitrogens with one attached hydrogen (secondary N) is 2. The molecule has 0 saturated carbocycles. The van der Waals surface area contributed by atoms with Gasteiger partial charge in [0.15, 0.2) is 0 Å². The van der Waals surface area contributed by atoms with Crippen LogP contribution >= 0.6 is 0 Å². The Labute approximate surface area is 157 Å². The van der Waals surface area contributed by atoms with Crippen molar-refractivity contribution in [3.63, 3.8) is 0 Å². The number of aromatic amines is 1. The zero-order valence-electron chi connectivity index (χ0n) is 16.7. The van der Waals surface area contributed by atoms with Crippen LogP contribution in [-0.4, -0.2) is 30.5 Å². The molecular weight excluding hydrogens is 344 g/mol. The minimum Gasteiger partial charge on any atom is -0.323 e. The highest BCUT2D eigenvalue weighted by Gasteiger charge is 2.17. The molecule has 0 saturated heterocycles. The summed E-state index contributed by atoms with van der Waals surface area (Å²) in [4.78, 5) is 27.7. The predicted molar refractivity (Wildman–Crippen MR) is 105 cm³/mol. The predicted octanol–water partition coefficient (Wildman–Crippen LogP) is 2.40. The second-order valence-electron chi connectivity index (χ2n) is 7.88. The van der Waals surface area contributed by atoms with Crippen LogP contribution in [0.25, 0.3) is 11.0 Å². The maximum atomic E-state index is 12.5. The first-order valence-corrected chi connectivity index (χ1v) is 8.98. The number of anilines is 1. The van der Waals surface area contributed by atoms with Gasteiger partial charge in [0.25, 0.3) is 5.56 Å². The molecule has 2 N–H and O–H groups in total. The van der Waals surface area contributed by atoms with Crippen LogP contribution in [0.15, 0.2) is 17.2 Å². The minimum absolute atomic E-state index is 0.148. The molecule has 8 heteroatoms. The summed E-state index contributed by atoms with van der Waals surface area (Å²) in [5, 5.41) is 12.4. The SMILES string of the molecule is Cc1nn(C)c2[nH]c(=O)c(CCC(=O)Nc3cnn(C(C)(C)C)c3)c(C)c12. The number of aromatic nitrogens is 5. The van der Waals surface area contributed by atoms with E-state index in [4.69, 9.17) is 0 Å². The molecule has 0 aliphatic heterocycles. The van der Waals surface area contributed by atoms with Gasteiger partial charge in [-0.25, -0.2) is 0 Å². The molecule has 0 aliphatic carbocycles. The van der Waals surface area contributed by atoms with E-state index in [1.54, 1.807) is 28.8 Å². The number of fused-ring (bicyclic) bond motifs is 1. The van der Waals surface area contributed by atoms with Gasteiger partial charge in [-0.15, -0.1) is 0 Å². The molecular formula is C19H26N6O2. The van der Waals surface area contributed by atoms with Crippen LogP contribution < -0.4 is 10.9 Å². The van der Waals surface area contributed by atoms with E-state index in [2.05, 4.69) is 20.5 Å². The van der Waals surface area contributed by atoms with Gasteiger partial charge in [-0.2, -0.15) is 10.2 Å². The van der Waals surface area contributed by atoms with Crippen LogP contribution in [0.3, 0.4) is 0 Å². The van der Waals surface area contributed by atoms with Crippen LogP contribution in [0.4, 0.5) is 5.69 Å². The second-order valence-corrected chi connectivity index (χ2v) is 7.88. The summed E-state index contributed by atoms with van der Waals surface area (Å²) < 4.78 is 3.47. The number of carbonyl (C=O) groups excluding carboxylic acids is 1. The van der Waals surface area contributed by atoms with Crippen molar-refractivity contribution >= 4 is 22.6 Å². The minimum atomic E-state index is -0.170. The Bertz CT molecular complexity index is 1060. The normalized spacial score (nSPS) is 11.9. The van der Waals surface area contributed by atoms with Crippen molar-refractivity contribution in [1.82, 2.24) is 24.5 Å². The Morgan fingerprint density at radius 1 is 1.30 bits per heavy atom. The molecule has 0 spiro atoms. The summed E-state index contributed by atoms with van der Waals surface area (Å²) in [6, 6.07) is 0. The van der Waals surface area contributed by atoms with Gasteiger partial charge in [0.1, 0.15) is 5.65 Å². The number of amides is 1. The van der Waals surface area contributed by atoms with E-state index in [1.807, 2.05) is 34.6 Å². The monoisotopic (exact) mass is 370 g/mol. The third-order valence-electron chi connectivity index (χ3n) is 4.71. The average Bonchev–Trinajstić information content (AvgIpc) is 3.12. The van der Waals surface area contributed by atoms with Crippen LogP contribution in [-0.2, 0) is 23.8 Å². The fraction of sp³-hybridized carbons (Fsp3) is 0.474. The van der Waals surface area contributed by atoms with Gasteiger partial charge in [0, 0.05) is 30.6 Å². The number of aryl methyl sites for hydroxylation is 3. The highest BCUT2D eigenvalue weighted by Crippen LogP contribution is 2.21. The lowest BCUT2D eigenvalue weighted by atomic mass is 10.0. The largest absolute Gasteiger partial charge is 0.323 e. The van der Waals surface area contributed by atoms with Crippen molar-refractivity contribution in [2.24, 2.45) is 7.05 Å². The first-order valence-electron chi connectivity index (χ1n) is 8.98. The zero-order valence-corrected chi connectivity index (χ0v) is 16.7. The van der Waals surface area contributed by atoms with Gasteiger partial charge in [-0.3, -0.25) is 19.0 Å². The molecule has 0 aliphatic rings. The number of hydrogen-bond acceptors (Lipinski definition) is 4. The fourth-order valence-electron chi connectivity index (χ4n) is 3.27. The third kappa shape index (κ3) is 3.65. The summed E-state index contributed by atoms with van der Waals surface area (Å²) in [5.74, 6) is -0.148. The lowest BCUT2D eigenvalue weighted by Gasteiger charge is -2.18. The number of pyridine rings is 1. The summed E-state index contributed by atoms with van der Waals surface area (Å²) in [6.45, 7) is 9.94. The van der Waals surface area contributed by atoms with Gasteiger partial charge >= 0.3 is 0 Å². The van der Waals surface area contributed by atoms with Gasteiger partial charge < -0.3 is 10.3 Å². The molecule has 8 nitrogen and oxygen atoms in total. The quantitative estimate of drug-likeness (QED) is 0.737. The number of nitrogens with zero attached hydrogens (tertiary/aromatic N) is 4. The topological polar surface area (TPSA) is 97.6 Å². The van der Waals surface area contributed by atoms with Crippen LogP contribution in [0.5, 0.6) is 0 Å². The van der Waals surface area contributed by atoms with E-state index in [1.165, 1.54) is 0 Å². The first kappa shape index (κ1) is 18.9. The zero-order chi connectivity index (χ0) is 19.9. The van der Waals surface area contributed by atoms with Crippen LogP contribution in [0.2, 0.25) is 0 Å². The molecule has 1 amide bonds. The van der Waals surface area contributed by atoms with Crippen molar-refractivity contribution in [2.45, 2.75) is 53.0 Å². The highest BCUT2D eigenvalue weighted by molar-refractivity contribution is 5.90. The Hall–Kier alpha value is -2.90. The smallest absolute Gasteiger partial charge is 0.253 e. The maximum absolute atomic E-state index is 12.5. The molecule has 0 unspecified atom stereocenters. The second kappa shape index (κ2) is 6.68. The third-order valence-corrected chi connectivity index (χ3v) is 4.71. The summed E-state index contributed by atoms with van der Waals surface area (Å²) >= 11 is 0. The Balaban J connectivity index is 1.75. The molecule has 144 valence electrons. The Kier molecular flexibility index (Phi) is 4.67. The number of H-pyrrole nitrogens is 1. The van der Waals surface area contributed by atoms with Gasteiger partial charge in [-0.05, 0) is 46.6 Å². The first-order chi connectivity index (χ1) is 12.6. The van der Waals surface area contributed by atoms with Gasteiger partial charge in [0.05, 0.1) is 23.1 Å². The fourth-order valence-corrected chi connectivity index (χ4v) is 3.27. The average molecular weight is 370 g/mol. The van der Waals surface area contributed by atoms with Crippen LogP contribution in [0, 0.1) is 13.8 Å². The molecule has 0 radical (unpaired) electrons. The molecule has 3 aromatic heterocycles. The lowest BCUT2D eigenvalue weighted by molar-refractivity contribution is -0.116. The van der Waals surface area contributed by atoms with E-state index in [-0.39, 0.29) is 23.4 Å². The molecule has 3 aromatic rings. The summed E-state index contributed by atoms with van der Waals surface area (Å²) in [5.41, 5.74) is 3.41.